The number of nitrogens with zero attached hydrogens (tertiary/aromatic N) is 4. The molecule has 2 aromatic carbocycles. The minimum absolute atomic E-state index is 0.00982. The highest BCUT2D eigenvalue weighted by molar-refractivity contribution is 7.13. The van der Waals surface area contributed by atoms with Crippen molar-refractivity contribution in [3.8, 4) is 22.0 Å². The fourth-order valence-electron chi connectivity index (χ4n) is 4.20. The molecule has 2 aromatic heterocycles. The SMILES string of the molecule is COc1ccc(-n2nc(-c3cccs3)cc2C(=O)N2CCN(CC=Cc3ccccc3)CC2)cc1. The molecule has 4 aromatic rings. The molecule has 3 heterocycles. The molecule has 0 bridgehead atoms. The minimum Gasteiger partial charge on any atom is -0.497 e. The van der Waals surface area contributed by atoms with Crippen LogP contribution >= 0.6 is 11.3 Å². The molecular weight excluding hydrogens is 456 g/mol. The van der Waals surface area contributed by atoms with Crippen LogP contribution in [0.2, 0.25) is 0 Å². The van der Waals surface area contributed by atoms with Crippen LogP contribution in [0.4, 0.5) is 0 Å². The molecule has 7 heteroatoms. The van der Waals surface area contributed by atoms with Gasteiger partial charge >= 0.3 is 0 Å². The van der Waals surface area contributed by atoms with E-state index in [0.717, 1.165) is 41.6 Å². The van der Waals surface area contributed by atoms with E-state index in [9.17, 15) is 4.79 Å². The number of carbonyl (C=O) groups excluding carboxylic acids is 1. The molecule has 0 radical (unpaired) electrons. The summed E-state index contributed by atoms with van der Waals surface area (Å²) in [6, 6.07) is 23.9. The molecule has 1 amide bonds. The zero-order valence-electron chi connectivity index (χ0n) is 19.7. The average Bonchev–Trinajstić information content (AvgIpc) is 3.60. The van der Waals surface area contributed by atoms with Gasteiger partial charge in [-0.3, -0.25) is 9.69 Å². The topological polar surface area (TPSA) is 50.6 Å². The summed E-state index contributed by atoms with van der Waals surface area (Å²) >= 11 is 1.62. The first-order valence-electron chi connectivity index (χ1n) is 11.7. The van der Waals surface area contributed by atoms with Gasteiger partial charge in [0.25, 0.3) is 5.91 Å². The number of amides is 1. The van der Waals surface area contributed by atoms with Crippen molar-refractivity contribution in [2.75, 3.05) is 39.8 Å². The second-order valence-electron chi connectivity index (χ2n) is 8.41. The van der Waals surface area contributed by atoms with Gasteiger partial charge in [-0.15, -0.1) is 11.3 Å². The smallest absolute Gasteiger partial charge is 0.272 e. The Morgan fingerprint density at radius 1 is 1.00 bits per heavy atom. The molecule has 0 aliphatic carbocycles. The Morgan fingerprint density at radius 3 is 2.46 bits per heavy atom. The molecule has 1 fully saturated rings. The Labute approximate surface area is 209 Å². The first kappa shape index (κ1) is 23.1. The van der Waals surface area contributed by atoms with Gasteiger partial charge in [0.2, 0.25) is 0 Å². The third kappa shape index (κ3) is 5.37. The molecule has 0 atom stereocenters. The van der Waals surface area contributed by atoms with Crippen molar-refractivity contribution < 1.29 is 9.53 Å². The maximum atomic E-state index is 13.6. The van der Waals surface area contributed by atoms with Crippen LogP contribution in [0.25, 0.3) is 22.3 Å². The molecule has 1 saturated heterocycles. The summed E-state index contributed by atoms with van der Waals surface area (Å²) in [6.45, 7) is 3.96. The largest absolute Gasteiger partial charge is 0.497 e. The average molecular weight is 485 g/mol. The molecule has 0 saturated carbocycles. The lowest BCUT2D eigenvalue weighted by Gasteiger charge is -2.34. The van der Waals surface area contributed by atoms with Crippen molar-refractivity contribution in [2.45, 2.75) is 0 Å². The van der Waals surface area contributed by atoms with Gasteiger partial charge in [-0.05, 0) is 47.3 Å². The molecule has 178 valence electrons. The number of methoxy groups -OCH3 is 1. The molecular formula is C28H28N4O2S. The standard InChI is InChI=1S/C28H28N4O2S/c1-34-24-13-11-23(12-14-24)32-26(21-25(29-32)27-10-6-20-35-27)28(33)31-18-16-30(17-19-31)15-5-9-22-7-3-2-4-8-22/h2-14,20-21H,15-19H2,1H3. The predicted octanol–water partition coefficient (Wildman–Crippen LogP) is 5.08. The number of rotatable bonds is 7. The number of piperazine rings is 1. The number of carbonyl (C=O) groups is 1. The Morgan fingerprint density at radius 2 is 1.77 bits per heavy atom. The van der Waals surface area contributed by atoms with Crippen molar-refractivity contribution >= 4 is 23.3 Å². The molecule has 0 N–H and O–H groups in total. The number of thiophene rings is 1. The van der Waals surface area contributed by atoms with E-state index in [-0.39, 0.29) is 5.91 Å². The molecule has 1 aliphatic rings. The first-order valence-corrected chi connectivity index (χ1v) is 12.6. The van der Waals surface area contributed by atoms with Gasteiger partial charge in [0.15, 0.2) is 0 Å². The molecule has 6 nitrogen and oxygen atoms in total. The van der Waals surface area contributed by atoms with Gasteiger partial charge in [-0.25, -0.2) is 4.68 Å². The van der Waals surface area contributed by atoms with Crippen molar-refractivity contribution in [3.63, 3.8) is 0 Å². The lowest BCUT2D eigenvalue weighted by atomic mass is 10.2. The van der Waals surface area contributed by atoms with Gasteiger partial charge < -0.3 is 9.64 Å². The maximum absolute atomic E-state index is 13.6. The van der Waals surface area contributed by atoms with E-state index >= 15 is 0 Å². The number of benzene rings is 2. The molecule has 5 rings (SSSR count). The summed E-state index contributed by atoms with van der Waals surface area (Å²) in [5.74, 6) is 0.778. The van der Waals surface area contributed by atoms with Crippen LogP contribution < -0.4 is 4.74 Å². The van der Waals surface area contributed by atoms with Crippen LogP contribution in [-0.4, -0.2) is 65.3 Å². The monoisotopic (exact) mass is 484 g/mol. The fraction of sp³-hybridized carbons (Fsp3) is 0.214. The zero-order chi connectivity index (χ0) is 24.0. The van der Waals surface area contributed by atoms with Crippen LogP contribution in [-0.2, 0) is 0 Å². The molecule has 1 aliphatic heterocycles. The van der Waals surface area contributed by atoms with Crippen molar-refractivity contribution in [1.82, 2.24) is 19.6 Å². The van der Waals surface area contributed by atoms with Gasteiger partial charge in [-0.2, -0.15) is 5.10 Å². The van der Waals surface area contributed by atoms with Crippen molar-refractivity contribution in [3.05, 3.63) is 95.5 Å². The van der Waals surface area contributed by atoms with Crippen molar-refractivity contribution in [1.29, 1.82) is 0 Å². The summed E-state index contributed by atoms with van der Waals surface area (Å²) in [5, 5.41) is 6.82. The summed E-state index contributed by atoms with van der Waals surface area (Å²) < 4.78 is 7.05. The summed E-state index contributed by atoms with van der Waals surface area (Å²) in [4.78, 5) is 19.0. The fourth-order valence-corrected chi connectivity index (χ4v) is 4.88. The van der Waals surface area contributed by atoms with E-state index in [1.54, 1.807) is 23.1 Å². The summed E-state index contributed by atoms with van der Waals surface area (Å²) in [6.07, 6.45) is 4.34. The second-order valence-corrected chi connectivity index (χ2v) is 9.36. The molecule has 35 heavy (non-hydrogen) atoms. The van der Waals surface area contributed by atoms with Crippen LogP contribution in [0.5, 0.6) is 5.75 Å². The number of ether oxygens (including phenoxy) is 1. The summed E-state index contributed by atoms with van der Waals surface area (Å²) in [7, 11) is 1.64. The molecule has 0 spiro atoms. The number of hydrogen-bond acceptors (Lipinski definition) is 5. The third-order valence-electron chi connectivity index (χ3n) is 6.15. The van der Waals surface area contributed by atoms with E-state index in [2.05, 4.69) is 29.2 Å². The second kappa shape index (κ2) is 10.7. The van der Waals surface area contributed by atoms with Crippen LogP contribution in [0, 0.1) is 0 Å². The highest BCUT2D eigenvalue weighted by Gasteiger charge is 2.26. The van der Waals surface area contributed by atoms with E-state index < -0.39 is 0 Å². The normalized spacial score (nSPS) is 14.5. The first-order chi connectivity index (χ1) is 17.2. The quantitative estimate of drug-likeness (QED) is 0.367. The van der Waals surface area contributed by atoms with E-state index in [0.29, 0.717) is 18.8 Å². The Balaban J connectivity index is 1.30. The van der Waals surface area contributed by atoms with Crippen LogP contribution in [0.1, 0.15) is 16.1 Å². The lowest BCUT2D eigenvalue weighted by molar-refractivity contribution is 0.0641. The Kier molecular flexibility index (Phi) is 7.07. The minimum atomic E-state index is 0.00982. The Bertz CT molecular complexity index is 1270. The predicted molar refractivity (Wildman–Crippen MR) is 141 cm³/mol. The van der Waals surface area contributed by atoms with E-state index in [1.807, 2.05) is 70.9 Å². The van der Waals surface area contributed by atoms with Crippen LogP contribution in [0.15, 0.2) is 84.3 Å². The van der Waals surface area contributed by atoms with Crippen molar-refractivity contribution in [2.24, 2.45) is 0 Å². The van der Waals surface area contributed by atoms with Gasteiger partial charge in [0, 0.05) is 32.7 Å². The van der Waals surface area contributed by atoms with Crippen LogP contribution in [0.3, 0.4) is 0 Å². The van der Waals surface area contributed by atoms with Gasteiger partial charge in [-0.1, -0.05) is 48.6 Å². The third-order valence-corrected chi connectivity index (χ3v) is 7.04. The van der Waals surface area contributed by atoms with E-state index in [4.69, 9.17) is 9.84 Å². The Hall–Kier alpha value is -3.68. The maximum Gasteiger partial charge on any atom is 0.272 e. The highest BCUT2D eigenvalue weighted by Crippen LogP contribution is 2.27. The van der Waals surface area contributed by atoms with Gasteiger partial charge in [0.05, 0.1) is 17.7 Å². The lowest BCUT2D eigenvalue weighted by Crippen LogP contribution is -2.49. The molecule has 0 unspecified atom stereocenters. The number of aromatic nitrogens is 2. The number of hydrogen-bond donors (Lipinski definition) is 0. The highest BCUT2D eigenvalue weighted by atomic mass is 32.1. The zero-order valence-corrected chi connectivity index (χ0v) is 20.5. The summed E-state index contributed by atoms with van der Waals surface area (Å²) in [5.41, 5.74) is 3.43. The van der Waals surface area contributed by atoms with E-state index in [1.165, 1.54) is 5.56 Å². The van der Waals surface area contributed by atoms with Gasteiger partial charge in [0.1, 0.15) is 17.1 Å².